The largest absolute Gasteiger partial charge is 0.325 e. The molecule has 2 aromatic rings. The maximum absolute atomic E-state index is 10.7. The van der Waals surface area contributed by atoms with Gasteiger partial charge in [0.2, 0.25) is 0 Å². The summed E-state index contributed by atoms with van der Waals surface area (Å²) in [5.74, 6) is 0. The Morgan fingerprint density at radius 3 is 3.20 bits per heavy atom. The van der Waals surface area contributed by atoms with Crippen molar-refractivity contribution in [3.8, 4) is 0 Å². The first-order valence-corrected chi connectivity index (χ1v) is 5.68. The molecule has 0 aliphatic heterocycles. The highest BCUT2D eigenvalue weighted by molar-refractivity contribution is 7.09. The van der Waals surface area contributed by atoms with E-state index < -0.39 is 0 Å². The number of carbonyl (C=O) groups excluding carboxylic acids is 1. The highest BCUT2D eigenvalue weighted by Crippen LogP contribution is 2.18. The lowest BCUT2D eigenvalue weighted by molar-refractivity contribution is 0.111. The van der Waals surface area contributed by atoms with Crippen LogP contribution in [0, 0.1) is 0 Å². The van der Waals surface area contributed by atoms with Gasteiger partial charge in [0.1, 0.15) is 5.69 Å². The lowest BCUT2D eigenvalue weighted by Crippen LogP contribution is -2.09. The Kier molecular flexibility index (Phi) is 2.97. The Morgan fingerprint density at radius 2 is 2.53 bits per heavy atom. The third-order valence-corrected chi connectivity index (χ3v) is 3.27. The van der Waals surface area contributed by atoms with E-state index in [1.807, 2.05) is 10.6 Å². The molecular formula is C11H12N2OS. The Labute approximate surface area is 92.4 Å². The smallest absolute Gasteiger partial charge is 0.168 e. The number of nitrogens with zero attached hydrogens (tertiary/aromatic N) is 2. The lowest BCUT2D eigenvalue weighted by Gasteiger charge is -2.13. The number of aldehydes is 1. The standard InChI is InChI=1S/C11H12N2OS/c1-9(5-11-3-2-4-15-11)13-8-12-6-10(13)7-14/h2-4,6-9H,5H2,1H3. The molecular weight excluding hydrogens is 208 g/mol. The van der Waals surface area contributed by atoms with Crippen molar-refractivity contribution in [1.29, 1.82) is 0 Å². The molecule has 4 heteroatoms. The zero-order chi connectivity index (χ0) is 10.7. The third kappa shape index (κ3) is 2.15. The minimum atomic E-state index is 0.270. The van der Waals surface area contributed by atoms with Crippen LogP contribution < -0.4 is 0 Å². The molecule has 78 valence electrons. The molecule has 0 radical (unpaired) electrons. The number of hydrogen-bond acceptors (Lipinski definition) is 3. The van der Waals surface area contributed by atoms with E-state index in [2.05, 4.69) is 23.4 Å². The average molecular weight is 220 g/mol. The summed E-state index contributed by atoms with van der Waals surface area (Å²) < 4.78 is 1.91. The summed E-state index contributed by atoms with van der Waals surface area (Å²) >= 11 is 1.74. The first-order chi connectivity index (χ1) is 7.31. The van der Waals surface area contributed by atoms with Crippen molar-refractivity contribution >= 4 is 17.6 Å². The van der Waals surface area contributed by atoms with Crippen LogP contribution in [0.2, 0.25) is 0 Å². The SMILES string of the molecule is CC(Cc1cccs1)n1cncc1C=O. The van der Waals surface area contributed by atoms with E-state index in [0.29, 0.717) is 5.69 Å². The number of aromatic nitrogens is 2. The summed E-state index contributed by atoms with van der Waals surface area (Å²) in [5, 5.41) is 2.07. The molecule has 0 amide bonds. The van der Waals surface area contributed by atoms with Crippen molar-refractivity contribution in [1.82, 2.24) is 9.55 Å². The molecule has 0 aliphatic carbocycles. The molecule has 2 aromatic heterocycles. The zero-order valence-electron chi connectivity index (χ0n) is 8.46. The molecule has 1 unspecified atom stereocenters. The van der Waals surface area contributed by atoms with Crippen LogP contribution >= 0.6 is 11.3 Å². The zero-order valence-corrected chi connectivity index (χ0v) is 9.28. The minimum absolute atomic E-state index is 0.270. The molecule has 0 saturated heterocycles. The van der Waals surface area contributed by atoms with Crippen molar-refractivity contribution in [2.75, 3.05) is 0 Å². The van der Waals surface area contributed by atoms with Crippen LogP contribution in [-0.4, -0.2) is 15.8 Å². The monoisotopic (exact) mass is 220 g/mol. The molecule has 0 bridgehead atoms. The highest BCUT2D eigenvalue weighted by Gasteiger charge is 2.09. The normalized spacial score (nSPS) is 12.6. The second-order valence-corrected chi connectivity index (χ2v) is 4.51. The fraction of sp³-hybridized carbons (Fsp3) is 0.273. The van der Waals surface area contributed by atoms with Gasteiger partial charge in [0, 0.05) is 17.3 Å². The predicted octanol–water partition coefficient (Wildman–Crippen LogP) is 2.56. The van der Waals surface area contributed by atoms with Gasteiger partial charge >= 0.3 is 0 Å². The van der Waals surface area contributed by atoms with E-state index in [1.54, 1.807) is 23.9 Å². The van der Waals surface area contributed by atoms with Gasteiger partial charge in [-0.3, -0.25) is 4.79 Å². The van der Waals surface area contributed by atoms with Crippen LogP contribution in [0.25, 0.3) is 0 Å². The van der Waals surface area contributed by atoms with Crippen molar-refractivity contribution < 1.29 is 4.79 Å². The van der Waals surface area contributed by atoms with Crippen LogP contribution in [0.15, 0.2) is 30.0 Å². The number of carbonyl (C=O) groups is 1. The molecule has 2 heterocycles. The number of rotatable bonds is 4. The van der Waals surface area contributed by atoms with Crippen LogP contribution in [0.3, 0.4) is 0 Å². The van der Waals surface area contributed by atoms with Gasteiger partial charge < -0.3 is 4.57 Å². The van der Waals surface area contributed by atoms with Gasteiger partial charge in [-0.15, -0.1) is 11.3 Å². The van der Waals surface area contributed by atoms with E-state index in [-0.39, 0.29) is 6.04 Å². The molecule has 0 aliphatic rings. The molecule has 2 rings (SSSR count). The Morgan fingerprint density at radius 1 is 1.67 bits per heavy atom. The van der Waals surface area contributed by atoms with Gasteiger partial charge in [-0.05, 0) is 18.4 Å². The Balaban J connectivity index is 2.14. The molecule has 15 heavy (non-hydrogen) atoms. The lowest BCUT2D eigenvalue weighted by atomic mass is 10.2. The molecule has 0 spiro atoms. The first-order valence-electron chi connectivity index (χ1n) is 4.80. The van der Waals surface area contributed by atoms with Crippen molar-refractivity contribution in [2.24, 2.45) is 0 Å². The van der Waals surface area contributed by atoms with Gasteiger partial charge in [-0.2, -0.15) is 0 Å². The number of thiophene rings is 1. The number of imidazole rings is 1. The van der Waals surface area contributed by atoms with E-state index in [4.69, 9.17) is 0 Å². The molecule has 0 saturated carbocycles. The summed E-state index contributed by atoms with van der Waals surface area (Å²) in [6, 6.07) is 4.42. The quantitative estimate of drug-likeness (QED) is 0.742. The van der Waals surface area contributed by atoms with E-state index in [9.17, 15) is 4.79 Å². The summed E-state index contributed by atoms with van der Waals surface area (Å²) in [7, 11) is 0. The topological polar surface area (TPSA) is 34.9 Å². The third-order valence-electron chi connectivity index (χ3n) is 2.37. The molecule has 0 aromatic carbocycles. The molecule has 0 fully saturated rings. The van der Waals surface area contributed by atoms with Gasteiger partial charge in [0.05, 0.1) is 12.5 Å². The van der Waals surface area contributed by atoms with E-state index in [0.717, 1.165) is 12.7 Å². The summed E-state index contributed by atoms with van der Waals surface area (Å²) in [6.45, 7) is 2.09. The van der Waals surface area contributed by atoms with Crippen LogP contribution in [0.4, 0.5) is 0 Å². The maximum Gasteiger partial charge on any atom is 0.168 e. The second kappa shape index (κ2) is 4.40. The van der Waals surface area contributed by atoms with Crippen molar-refractivity contribution in [3.63, 3.8) is 0 Å². The van der Waals surface area contributed by atoms with E-state index >= 15 is 0 Å². The minimum Gasteiger partial charge on any atom is -0.325 e. The predicted molar refractivity (Wildman–Crippen MR) is 60.3 cm³/mol. The number of hydrogen-bond donors (Lipinski definition) is 0. The van der Waals surface area contributed by atoms with Crippen LogP contribution in [0.1, 0.15) is 28.3 Å². The fourth-order valence-corrected chi connectivity index (χ4v) is 2.42. The van der Waals surface area contributed by atoms with Crippen molar-refractivity contribution in [2.45, 2.75) is 19.4 Å². The van der Waals surface area contributed by atoms with Crippen LogP contribution in [-0.2, 0) is 6.42 Å². The molecule has 3 nitrogen and oxygen atoms in total. The van der Waals surface area contributed by atoms with E-state index in [1.165, 1.54) is 4.88 Å². The summed E-state index contributed by atoms with van der Waals surface area (Å²) in [4.78, 5) is 16.0. The summed E-state index contributed by atoms with van der Waals surface area (Å²) in [6.07, 6.45) is 5.09. The van der Waals surface area contributed by atoms with Crippen LogP contribution in [0.5, 0.6) is 0 Å². The summed E-state index contributed by atoms with van der Waals surface area (Å²) in [5.41, 5.74) is 0.638. The average Bonchev–Trinajstić information content (AvgIpc) is 2.86. The highest BCUT2D eigenvalue weighted by atomic mass is 32.1. The van der Waals surface area contributed by atoms with Gasteiger partial charge in [-0.25, -0.2) is 4.98 Å². The first kappa shape index (κ1) is 10.1. The molecule has 1 atom stereocenters. The second-order valence-electron chi connectivity index (χ2n) is 3.48. The van der Waals surface area contributed by atoms with Gasteiger partial charge in [0.15, 0.2) is 6.29 Å². The maximum atomic E-state index is 10.7. The molecule has 0 N–H and O–H groups in total. The Hall–Kier alpha value is -1.42. The van der Waals surface area contributed by atoms with Crippen molar-refractivity contribution in [3.05, 3.63) is 40.6 Å². The Bertz CT molecular complexity index is 433. The fourth-order valence-electron chi connectivity index (χ4n) is 1.59. The van der Waals surface area contributed by atoms with Gasteiger partial charge in [0.25, 0.3) is 0 Å². The van der Waals surface area contributed by atoms with Gasteiger partial charge in [-0.1, -0.05) is 6.07 Å².